The van der Waals surface area contributed by atoms with Crippen LogP contribution in [0.5, 0.6) is 0 Å². The van der Waals surface area contributed by atoms with E-state index >= 15 is 0 Å². The lowest BCUT2D eigenvalue weighted by atomic mass is 10.2. The van der Waals surface area contributed by atoms with Gasteiger partial charge in [-0.25, -0.2) is 9.48 Å². The van der Waals surface area contributed by atoms with Crippen LogP contribution in [0.2, 0.25) is 0 Å². The average molecular weight is 290 g/mol. The van der Waals surface area contributed by atoms with Crippen LogP contribution in [-0.4, -0.2) is 34.5 Å². The Morgan fingerprint density at radius 1 is 1.62 bits per heavy atom. The summed E-state index contributed by atoms with van der Waals surface area (Å²) < 4.78 is 12.0. The van der Waals surface area contributed by atoms with E-state index in [0.29, 0.717) is 11.3 Å². The third-order valence-electron chi connectivity index (χ3n) is 2.40. The van der Waals surface area contributed by atoms with E-state index in [1.165, 1.54) is 11.8 Å². The van der Waals surface area contributed by atoms with Gasteiger partial charge < -0.3 is 9.47 Å². The van der Waals surface area contributed by atoms with Crippen LogP contribution in [0.1, 0.15) is 36.1 Å². The second kappa shape index (κ2) is 4.92. The number of esters is 1. The van der Waals surface area contributed by atoms with Gasteiger partial charge in [0.15, 0.2) is 6.23 Å². The topological polar surface area (TPSA) is 66.2 Å². The highest BCUT2D eigenvalue weighted by molar-refractivity contribution is 9.10. The minimum absolute atomic E-state index is 0.168. The molecule has 1 atom stereocenters. The standard InChI is InChI=1S/C9H12BrN3O3/c1-15-8(14)7-11-9(10)12-13(7)6-4-2-3-5-16-6/h6H,2-5H2,1H3. The average Bonchev–Trinajstić information content (AvgIpc) is 2.71. The van der Waals surface area contributed by atoms with E-state index in [0.717, 1.165) is 19.3 Å². The number of methoxy groups -OCH3 is 1. The van der Waals surface area contributed by atoms with Gasteiger partial charge >= 0.3 is 5.97 Å². The molecule has 88 valence electrons. The Kier molecular flexibility index (Phi) is 3.55. The summed E-state index contributed by atoms with van der Waals surface area (Å²) >= 11 is 3.14. The molecule has 16 heavy (non-hydrogen) atoms. The maximum absolute atomic E-state index is 11.5. The van der Waals surface area contributed by atoms with Crippen molar-refractivity contribution in [1.29, 1.82) is 0 Å². The highest BCUT2D eigenvalue weighted by atomic mass is 79.9. The van der Waals surface area contributed by atoms with Gasteiger partial charge in [0, 0.05) is 6.61 Å². The Bertz CT molecular complexity index is 387. The molecule has 7 heteroatoms. The van der Waals surface area contributed by atoms with E-state index in [1.54, 1.807) is 0 Å². The number of hydrogen-bond donors (Lipinski definition) is 0. The Morgan fingerprint density at radius 3 is 3.06 bits per heavy atom. The van der Waals surface area contributed by atoms with E-state index < -0.39 is 5.97 Å². The smallest absolute Gasteiger partial charge is 0.375 e. The minimum atomic E-state index is -0.507. The molecule has 0 saturated carbocycles. The lowest BCUT2D eigenvalue weighted by Gasteiger charge is -2.23. The van der Waals surface area contributed by atoms with Crippen molar-refractivity contribution < 1.29 is 14.3 Å². The largest absolute Gasteiger partial charge is 0.463 e. The molecule has 0 N–H and O–H groups in total. The minimum Gasteiger partial charge on any atom is -0.463 e. The number of ether oxygens (including phenoxy) is 2. The Morgan fingerprint density at radius 2 is 2.44 bits per heavy atom. The number of carbonyl (C=O) groups is 1. The van der Waals surface area contributed by atoms with Crippen molar-refractivity contribution >= 4 is 21.9 Å². The molecule has 2 heterocycles. The molecule has 1 aromatic heterocycles. The van der Waals surface area contributed by atoms with E-state index in [2.05, 4.69) is 30.7 Å². The molecule has 6 nitrogen and oxygen atoms in total. The number of halogens is 1. The molecule has 2 rings (SSSR count). The number of rotatable bonds is 2. The molecular weight excluding hydrogens is 278 g/mol. The molecule has 0 radical (unpaired) electrons. The third kappa shape index (κ3) is 2.25. The van der Waals surface area contributed by atoms with E-state index in [-0.39, 0.29) is 12.1 Å². The number of carbonyl (C=O) groups excluding carboxylic acids is 1. The molecule has 1 fully saturated rings. The first-order valence-corrected chi connectivity index (χ1v) is 5.83. The van der Waals surface area contributed by atoms with Crippen molar-refractivity contribution in [2.24, 2.45) is 0 Å². The molecule has 0 amide bonds. The van der Waals surface area contributed by atoms with Crippen molar-refractivity contribution in [2.75, 3.05) is 13.7 Å². The van der Waals surface area contributed by atoms with Crippen LogP contribution in [0.4, 0.5) is 0 Å². The van der Waals surface area contributed by atoms with Crippen molar-refractivity contribution in [3.8, 4) is 0 Å². The van der Waals surface area contributed by atoms with E-state index in [4.69, 9.17) is 4.74 Å². The first kappa shape index (κ1) is 11.5. The first-order valence-electron chi connectivity index (χ1n) is 5.04. The molecule has 1 aliphatic heterocycles. The molecule has 0 aliphatic carbocycles. The zero-order valence-electron chi connectivity index (χ0n) is 8.85. The fourth-order valence-electron chi connectivity index (χ4n) is 1.65. The van der Waals surface area contributed by atoms with Crippen molar-refractivity contribution in [2.45, 2.75) is 25.5 Å². The third-order valence-corrected chi connectivity index (χ3v) is 2.74. The summed E-state index contributed by atoms with van der Waals surface area (Å²) in [7, 11) is 1.32. The predicted molar refractivity (Wildman–Crippen MR) is 57.9 cm³/mol. The Labute approximate surface area is 101 Å². The van der Waals surface area contributed by atoms with E-state index in [1.807, 2.05) is 0 Å². The Hall–Kier alpha value is -0.950. The van der Waals surface area contributed by atoms with E-state index in [9.17, 15) is 4.79 Å². The van der Waals surface area contributed by atoms with Crippen molar-refractivity contribution in [3.05, 3.63) is 10.6 Å². The van der Waals surface area contributed by atoms with Crippen molar-refractivity contribution in [3.63, 3.8) is 0 Å². The van der Waals surface area contributed by atoms with Crippen LogP contribution in [0.15, 0.2) is 4.73 Å². The van der Waals surface area contributed by atoms with Crippen LogP contribution < -0.4 is 0 Å². The van der Waals surface area contributed by atoms with Crippen LogP contribution in [0.25, 0.3) is 0 Å². The molecule has 1 unspecified atom stereocenters. The summed E-state index contributed by atoms with van der Waals surface area (Å²) in [4.78, 5) is 15.4. The van der Waals surface area contributed by atoms with Gasteiger partial charge in [0.25, 0.3) is 0 Å². The van der Waals surface area contributed by atoms with Gasteiger partial charge in [0.1, 0.15) is 0 Å². The summed E-state index contributed by atoms with van der Waals surface area (Å²) in [5.41, 5.74) is 0. The van der Waals surface area contributed by atoms with Gasteiger partial charge in [0.2, 0.25) is 10.6 Å². The predicted octanol–water partition coefficient (Wildman–Crippen LogP) is 1.53. The Balaban J connectivity index is 2.27. The van der Waals surface area contributed by atoms with Crippen LogP contribution in [-0.2, 0) is 9.47 Å². The highest BCUT2D eigenvalue weighted by Crippen LogP contribution is 2.23. The van der Waals surface area contributed by atoms with Gasteiger partial charge in [-0.1, -0.05) is 0 Å². The number of nitrogens with zero attached hydrogens (tertiary/aromatic N) is 3. The highest BCUT2D eigenvalue weighted by Gasteiger charge is 2.25. The maximum atomic E-state index is 11.5. The van der Waals surface area contributed by atoms with Gasteiger partial charge in [-0.2, -0.15) is 4.98 Å². The van der Waals surface area contributed by atoms with Crippen LogP contribution in [0, 0.1) is 0 Å². The number of aromatic nitrogens is 3. The fourth-order valence-corrected chi connectivity index (χ4v) is 1.98. The zero-order valence-corrected chi connectivity index (χ0v) is 10.4. The fraction of sp³-hybridized carbons (Fsp3) is 0.667. The van der Waals surface area contributed by atoms with Gasteiger partial charge in [0.05, 0.1) is 7.11 Å². The monoisotopic (exact) mass is 289 g/mol. The summed E-state index contributed by atoms with van der Waals surface area (Å²) in [5.74, 6) is -0.339. The van der Waals surface area contributed by atoms with Crippen LogP contribution >= 0.6 is 15.9 Å². The molecule has 1 aliphatic rings. The molecule has 0 aromatic carbocycles. The number of hydrogen-bond acceptors (Lipinski definition) is 5. The maximum Gasteiger partial charge on any atom is 0.375 e. The quantitative estimate of drug-likeness (QED) is 0.773. The zero-order chi connectivity index (χ0) is 11.5. The molecule has 1 saturated heterocycles. The molecular formula is C9H12BrN3O3. The van der Waals surface area contributed by atoms with Gasteiger partial charge in [-0.15, -0.1) is 5.10 Å². The summed E-state index contributed by atoms with van der Waals surface area (Å²) in [6.45, 7) is 0.683. The second-order valence-electron chi connectivity index (χ2n) is 3.46. The van der Waals surface area contributed by atoms with Gasteiger partial charge in [-0.3, -0.25) is 0 Å². The van der Waals surface area contributed by atoms with Gasteiger partial charge in [-0.05, 0) is 35.2 Å². The summed E-state index contributed by atoms with van der Waals surface area (Å²) in [6.07, 6.45) is 2.71. The SMILES string of the molecule is COC(=O)c1nc(Br)nn1C1CCCCO1. The summed E-state index contributed by atoms with van der Waals surface area (Å²) in [6, 6.07) is 0. The molecule has 1 aromatic rings. The lowest BCUT2D eigenvalue weighted by molar-refractivity contribution is -0.0419. The second-order valence-corrected chi connectivity index (χ2v) is 4.17. The van der Waals surface area contributed by atoms with Crippen LogP contribution in [0.3, 0.4) is 0 Å². The molecule has 0 spiro atoms. The first-order chi connectivity index (χ1) is 7.72. The normalized spacial score (nSPS) is 20.8. The molecule has 0 bridgehead atoms. The lowest BCUT2D eigenvalue weighted by Crippen LogP contribution is -2.23. The van der Waals surface area contributed by atoms with Crippen molar-refractivity contribution in [1.82, 2.24) is 14.8 Å². The summed E-state index contributed by atoms with van der Waals surface area (Å²) in [5, 5.41) is 4.10.